The summed E-state index contributed by atoms with van der Waals surface area (Å²) in [7, 11) is 0. The van der Waals surface area contributed by atoms with Gasteiger partial charge in [-0.05, 0) is 19.4 Å². The quantitative estimate of drug-likeness (QED) is 0.855. The molecule has 0 unspecified atom stereocenters. The number of thiophene rings is 1. The fourth-order valence-corrected chi connectivity index (χ4v) is 3.60. The van der Waals surface area contributed by atoms with Gasteiger partial charge in [0.1, 0.15) is 4.83 Å². The zero-order valence-corrected chi connectivity index (χ0v) is 13.6. The van der Waals surface area contributed by atoms with Crippen LogP contribution in [0.4, 0.5) is 0 Å². The van der Waals surface area contributed by atoms with Crippen LogP contribution in [0.15, 0.2) is 11.1 Å². The summed E-state index contributed by atoms with van der Waals surface area (Å²) < 4.78 is 6.78. The number of hydrogen-bond donors (Lipinski definition) is 0. The van der Waals surface area contributed by atoms with Crippen LogP contribution in [0.5, 0.6) is 0 Å². The summed E-state index contributed by atoms with van der Waals surface area (Å²) in [5, 5.41) is 0.684. The smallest absolute Gasteiger partial charge is 0.262 e. The summed E-state index contributed by atoms with van der Waals surface area (Å²) >= 11 is 1.54. The predicted molar refractivity (Wildman–Crippen MR) is 85.4 cm³/mol. The van der Waals surface area contributed by atoms with E-state index in [1.165, 1.54) is 11.3 Å². The Morgan fingerprint density at radius 2 is 2.09 bits per heavy atom. The molecule has 7 heteroatoms. The molecule has 3 heterocycles. The van der Waals surface area contributed by atoms with Crippen molar-refractivity contribution >= 4 is 27.5 Å². The van der Waals surface area contributed by atoms with Gasteiger partial charge in [0.15, 0.2) is 0 Å². The van der Waals surface area contributed by atoms with E-state index in [0.717, 1.165) is 15.3 Å². The number of carbonyl (C=O) groups is 1. The van der Waals surface area contributed by atoms with Crippen molar-refractivity contribution in [2.24, 2.45) is 0 Å². The molecule has 0 aliphatic carbocycles. The Bertz CT molecular complexity index is 759. The Balaban J connectivity index is 1.76. The first kappa shape index (κ1) is 15.2. The first-order valence-electron chi connectivity index (χ1n) is 7.38. The Morgan fingerprint density at radius 3 is 2.82 bits per heavy atom. The van der Waals surface area contributed by atoms with Gasteiger partial charge < -0.3 is 9.64 Å². The van der Waals surface area contributed by atoms with E-state index in [-0.39, 0.29) is 11.5 Å². The fourth-order valence-electron chi connectivity index (χ4n) is 2.62. The predicted octanol–water partition coefficient (Wildman–Crippen LogP) is 1.32. The number of aryl methyl sites for hydroxylation is 3. The van der Waals surface area contributed by atoms with Gasteiger partial charge in [0, 0.05) is 30.9 Å². The Labute approximate surface area is 132 Å². The molecule has 6 nitrogen and oxygen atoms in total. The minimum absolute atomic E-state index is 0.0540. The topological polar surface area (TPSA) is 64.4 Å². The Morgan fingerprint density at radius 1 is 1.36 bits per heavy atom. The molecule has 1 saturated heterocycles. The molecule has 22 heavy (non-hydrogen) atoms. The van der Waals surface area contributed by atoms with E-state index >= 15 is 0 Å². The van der Waals surface area contributed by atoms with Gasteiger partial charge in [0.25, 0.3) is 5.56 Å². The highest BCUT2D eigenvalue weighted by Gasteiger charge is 2.17. The number of rotatable bonds is 3. The second-order valence-corrected chi connectivity index (χ2v) is 6.65. The van der Waals surface area contributed by atoms with Crippen LogP contribution in [-0.4, -0.2) is 46.7 Å². The van der Waals surface area contributed by atoms with Crippen molar-refractivity contribution in [3.63, 3.8) is 0 Å². The number of fused-ring (bicyclic) bond motifs is 1. The molecule has 0 spiro atoms. The second kappa shape index (κ2) is 6.18. The highest BCUT2D eigenvalue weighted by Crippen LogP contribution is 2.25. The lowest BCUT2D eigenvalue weighted by Crippen LogP contribution is -2.41. The van der Waals surface area contributed by atoms with Crippen molar-refractivity contribution < 1.29 is 9.53 Å². The van der Waals surface area contributed by atoms with Gasteiger partial charge in [0.2, 0.25) is 5.91 Å². The van der Waals surface area contributed by atoms with Gasteiger partial charge >= 0.3 is 0 Å². The molecule has 2 aromatic heterocycles. The van der Waals surface area contributed by atoms with Gasteiger partial charge in [-0.1, -0.05) is 0 Å². The third kappa shape index (κ3) is 2.78. The number of morpholine rings is 1. The molecule has 0 bridgehead atoms. The third-order valence-corrected chi connectivity index (χ3v) is 5.20. The van der Waals surface area contributed by atoms with Crippen LogP contribution < -0.4 is 5.56 Å². The van der Waals surface area contributed by atoms with Gasteiger partial charge in [-0.3, -0.25) is 14.2 Å². The van der Waals surface area contributed by atoms with E-state index in [1.54, 1.807) is 15.8 Å². The molecule has 2 aromatic rings. The van der Waals surface area contributed by atoms with Crippen LogP contribution >= 0.6 is 11.3 Å². The highest BCUT2D eigenvalue weighted by atomic mass is 32.1. The van der Waals surface area contributed by atoms with Gasteiger partial charge in [0.05, 0.1) is 24.9 Å². The molecule has 0 N–H and O–H groups in total. The SMILES string of the molecule is Cc1sc2ncn(CCC(=O)N3CCOCC3)c(=O)c2c1C. The first-order valence-corrected chi connectivity index (χ1v) is 8.20. The molecule has 1 fully saturated rings. The van der Waals surface area contributed by atoms with Crippen molar-refractivity contribution in [3.05, 3.63) is 27.1 Å². The van der Waals surface area contributed by atoms with Crippen molar-refractivity contribution in [2.45, 2.75) is 26.8 Å². The van der Waals surface area contributed by atoms with E-state index in [4.69, 9.17) is 4.74 Å². The molecule has 3 rings (SSSR count). The average molecular weight is 321 g/mol. The molecule has 118 valence electrons. The number of amides is 1. The molecular weight excluding hydrogens is 302 g/mol. The molecule has 1 aliphatic heterocycles. The minimum atomic E-state index is -0.0540. The summed E-state index contributed by atoms with van der Waals surface area (Å²) in [4.78, 5) is 32.7. The van der Waals surface area contributed by atoms with Gasteiger partial charge in [-0.25, -0.2) is 4.98 Å². The zero-order chi connectivity index (χ0) is 15.7. The molecule has 0 saturated carbocycles. The van der Waals surface area contributed by atoms with Crippen LogP contribution in [0.2, 0.25) is 0 Å². The van der Waals surface area contributed by atoms with E-state index in [9.17, 15) is 9.59 Å². The Hall–Kier alpha value is -1.73. The largest absolute Gasteiger partial charge is 0.378 e. The number of aromatic nitrogens is 2. The van der Waals surface area contributed by atoms with Crippen molar-refractivity contribution in [1.82, 2.24) is 14.5 Å². The van der Waals surface area contributed by atoms with Gasteiger partial charge in [-0.2, -0.15) is 0 Å². The summed E-state index contributed by atoms with van der Waals surface area (Å²) in [6, 6.07) is 0. The summed E-state index contributed by atoms with van der Waals surface area (Å²) in [5.41, 5.74) is 0.938. The van der Waals surface area contributed by atoms with Crippen LogP contribution in [-0.2, 0) is 16.1 Å². The molecule has 0 aromatic carbocycles. The monoisotopic (exact) mass is 321 g/mol. The van der Waals surface area contributed by atoms with E-state index in [0.29, 0.717) is 44.7 Å². The summed E-state index contributed by atoms with van der Waals surface area (Å²) in [5.74, 6) is 0.0634. The maximum Gasteiger partial charge on any atom is 0.262 e. The van der Waals surface area contributed by atoms with E-state index in [2.05, 4.69) is 4.98 Å². The molecule has 1 aliphatic rings. The van der Waals surface area contributed by atoms with Crippen molar-refractivity contribution in [3.8, 4) is 0 Å². The van der Waals surface area contributed by atoms with E-state index in [1.807, 2.05) is 13.8 Å². The number of hydrogen-bond acceptors (Lipinski definition) is 5. The van der Waals surface area contributed by atoms with Crippen LogP contribution in [0.25, 0.3) is 10.2 Å². The first-order chi connectivity index (χ1) is 10.6. The third-order valence-electron chi connectivity index (χ3n) is 4.09. The fraction of sp³-hybridized carbons (Fsp3) is 0.533. The lowest BCUT2D eigenvalue weighted by Gasteiger charge is -2.26. The Kier molecular flexibility index (Phi) is 4.26. The molecular formula is C15H19N3O3S. The number of nitrogens with zero attached hydrogens (tertiary/aromatic N) is 3. The number of carbonyl (C=O) groups excluding carboxylic acids is 1. The standard InChI is InChI=1S/C15H19N3O3S/c1-10-11(2)22-14-13(10)15(20)18(9-16-14)4-3-12(19)17-5-7-21-8-6-17/h9H,3-8H2,1-2H3. The maximum absolute atomic E-state index is 12.5. The van der Waals surface area contributed by atoms with Gasteiger partial charge in [-0.15, -0.1) is 11.3 Å². The van der Waals surface area contributed by atoms with Crippen molar-refractivity contribution in [2.75, 3.05) is 26.3 Å². The van der Waals surface area contributed by atoms with Crippen LogP contribution in [0.1, 0.15) is 16.9 Å². The molecule has 0 radical (unpaired) electrons. The normalized spacial score (nSPS) is 15.5. The van der Waals surface area contributed by atoms with Crippen LogP contribution in [0, 0.1) is 13.8 Å². The van der Waals surface area contributed by atoms with Crippen molar-refractivity contribution in [1.29, 1.82) is 0 Å². The lowest BCUT2D eigenvalue weighted by atomic mass is 10.2. The second-order valence-electron chi connectivity index (χ2n) is 5.45. The summed E-state index contributed by atoms with van der Waals surface area (Å²) in [6.07, 6.45) is 1.86. The number of ether oxygens (including phenoxy) is 1. The molecule has 0 atom stereocenters. The minimum Gasteiger partial charge on any atom is -0.378 e. The van der Waals surface area contributed by atoms with Crippen LogP contribution in [0.3, 0.4) is 0 Å². The summed E-state index contributed by atoms with van der Waals surface area (Å²) in [6.45, 7) is 6.75. The molecule has 1 amide bonds. The average Bonchev–Trinajstić information content (AvgIpc) is 2.83. The van der Waals surface area contributed by atoms with E-state index < -0.39 is 0 Å². The highest BCUT2D eigenvalue weighted by molar-refractivity contribution is 7.18. The zero-order valence-electron chi connectivity index (χ0n) is 12.8. The lowest BCUT2D eigenvalue weighted by molar-refractivity contribution is -0.135. The maximum atomic E-state index is 12.5.